The lowest BCUT2D eigenvalue weighted by Gasteiger charge is -2.07. The van der Waals surface area contributed by atoms with E-state index in [1.807, 2.05) is 38.1 Å². The number of benzene rings is 2. The Morgan fingerprint density at radius 3 is 2.65 bits per heavy atom. The number of hydrogen-bond acceptors (Lipinski definition) is 4. The Labute approximate surface area is 134 Å². The number of hydrogen-bond donors (Lipinski definition) is 3. The van der Waals surface area contributed by atoms with Crippen LogP contribution in [0.4, 0.5) is 0 Å². The van der Waals surface area contributed by atoms with Crippen molar-refractivity contribution < 1.29 is 14.7 Å². The fraction of sp³-hybridized carbons (Fsp3) is 0.235. The number of rotatable bonds is 5. The van der Waals surface area contributed by atoms with Gasteiger partial charge in [-0.15, -0.1) is 0 Å². The molecule has 2 amide bonds. The Hall–Kier alpha value is -2.89. The average molecular weight is 313 g/mol. The van der Waals surface area contributed by atoms with Crippen molar-refractivity contribution in [3.63, 3.8) is 0 Å². The summed E-state index contributed by atoms with van der Waals surface area (Å²) in [5, 5.41) is 18.2. The summed E-state index contributed by atoms with van der Waals surface area (Å²) in [6, 6.07) is 10.9. The standard InChI is InChI=1S/C17H19N3O3/c1-11(2)19-16(22)9-17(23)20-18-10-14-13-6-4-3-5-12(13)7-8-15(14)21/h3-8,10-11,21H,9H2,1-2H3,(H,19,22)(H,20,23). The number of carbonyl (C=O) groups is 2. The van der Waals surface area contributed by atoms with Crippen molar-refractivity contribution >= 4 is 28.8 Å². The summed E-state index contributed by atoms with van der Waals surface area (Å²) >= 11 is 0. The van der Waals surface area contributed by atoms with Gasteiger partial charge in [0, 0.05) is 11.6 Å². The summed E-state index contributed by atoms with van der Waals surface area (Å²) in [7, 11) is 0. The molecule has 23 heavy (non-hydrogen) atoms. The Morgan fingerprint density at radius 1 is 1.17 bits per heavy atom. The number of hydrazone groups is 1. The number of amides is 2. The van der Waals surface area contributed by atoms with E-state index in [2.05, 4.69) is 15.8 Å². The van der Waals surface area contributed by atoms with E-state index < -0.39 is 5.91 Å². The van der Waals surface area contributed by atoms with E-state index >= 15 is 0 Å². The fourth-order valence-electron chi connectivity index (χ4n) is 2.15. The van der Waals surface area contributed by atoms with Gasteiger partial charge in [0.2, 0.25) is 11.8 Å². The topological polar surface area (TPSA) is 90.8 Å². The van der Waals surface area contributed by atoms with Crippen LogP contribution in [0.3, 0.4) is 0 Å². The molecule has 2 rings (SSSR count). The zero-order chi connectivity index (χ0) is 16.8. The molecule has 2 aromatic rings. The van der Waals surface area contributed by atoms with Crippen LogP contribution in [0, 0.1) is 0 Å². The van der Waals surface area contributed by atoms with Crippen molar-refractivity contribution in [1.29, 1.82) is 0 Å². The van der Waals surface area contributed by atoms with E-state index in [-0.39, 0.29) is 24.1 Å². The van der Waals surface area contributed by atoms with Crippen molar-refractivity contribution in [2.45, 2.75) is 26.3 Å². The van der Waals surface area contributed by atoms with Crippen LogP contribution in [-0.4, -0.2) is 29.2 Å². The first kappa shape index (κ1) is 16.5. The monoisotopic (exact) mass is 313 g/mol. The van der Waals surface area contributed by atoms with Gasteiger partial charge in [0.15, 0.2) is 0 Å². The Bertz CT molecular complexity index is 754. The first-order chi connectivity index (χ1) is 11.0. The van der Waals surface area contributed by atoms with E-state index in [1.54, 1.807) is 12.1 Å². The van der Waals surface area contributed by atoms with Crippen molar-refractivity contribution in [2.24, 2.45) is 5.10 Å². The van der Waals surface area contributed by atoms with Crippen molar-refractivity contribution in [1.82, 2.24) is 10.7 Å². The van der Waals surface area contributed by atoms with Crippen LogP contribution in [0.15, 0.2) is 41.5 Å². The molecule has 0 bridgehead atoms. The molecule has 0 spiro atoms. The molecule has 6 nitrogen and oxygen atoms in total. The summed E-state index contributed by atoms with van der Waals surface area (Å²) < 4.78 is 0. The minimum Gasteiger partial charge on any atom is -0.507 e. The van der Waals surface area contributed by atoms with E-state index in [4.69, 9.17) is 0 Å². The normalized spacial score (nSPS) is 11.1. The van der Waals surface area contributed by atoms with Gasteiger partial charge in [-0.05, 0) is 30.7 Å². The number of carbonyl (C=O) groups excluding carboxylic acids is 2. The molecule has 120 valence electrons. The van der Waals surface area contributed by atoms with Crippen LogP contribution in [0.25, 0.3) is 10.8 Å². The summed E-state index contributed by atoms with van der Waals surface area (Å²) in [4.78, 5) is 23.1. The first-order valence-corrected chi connectivity index (χ1v) is 7.29. The largest absolute Gasteiger partial charge is 0.507 e. The molecule has 6 heteroatoms. The molecule has 2 aromatic carbocycles. The highest BCUT2D eigenvalue weighted by Gasteiger charge is 2.09. The molecule has 0 atom stereocenters. The molecule has 0 fully saturated rings. The van der Waals surface area contributed by atoms with Gasteiger partial charge in [-0.2, -0.15) is 5.10 Å². The van der Waals surface area contributed by atoms with Crippen LogP contribution >= 0.6 is 0 Å². The highest BCUT2D eigenvalue weighted by molar-refractivity contribution is 6.03. The van der Waals surface area contributed by atoms with Gasteiger partial charge in [0.1, 0.15) is 12.2 Å². The molecule has 0 saturated carbocycles. The number of nitrogens with one attached hydrogen (secondary N) is 2. The molecule has 0 aliphatic heterocycles. The second-order valence-electron chi connectivity index (χ2n) is 5.41. The van der Waals surface area contributed by atoms with Crippen molar-refractivity contribution in [3.05, 3.63) is 42.0 Å². The second kappa shape index (κ2) is 7.40. The lowest BCUT2D eigenvalue weighted by molar-refractivity contribution is -0.129. The number of phenolic OH excluding ortho intramolecular Hbond substituents is 1. The molecular weight excluding hydrogens is 294 g/mol. The number of nitrogens with zero attached hydrogens (tertiary/aromatic N) is 1. The molecule has 0 aliphatic rings. The third-order valence-corrected chi connectivity index (χ3v) is 3.10. The van der Waals surface area contributed by atoms with Gasteiger partial charge in [0.05, 0.1) is 6.21 Å². The smallest absolute Gasteiger partial charge is 0.249 e. The third kappa shape index (κ3) is 4.54. The zero-order valence-electron chi connectivity index (χ0n) is 13.0. The van der Waals surface area contributed by atoms with Crippen LogP contribution in [-0.2, 0) is 9.59 Å². The average Bonchev–Trinajstić information content (AvgIpc) is 2.48. The maximum absolute atomic E-state index is 11.6. The van der Waals surface area contributed by atoms with Gasteiger partial charge in [-0.1, -0.05) is 30.3 Å². The minimum absolute atomic E-state index is 0.0218. The highest BCUT2D eigenvalue weighted by atomic mass is 16.3. The Morgan fingerprint density at radius 2 is 1.91 bits per heavy atom. The third-order valence-electron chi connectivity index (χ3n) is 3.10. The molecule has 0 aliphatic carbocycles. The molecule has 0 unspecified atom stereocenters. The summed E-state index contributed by atoms with van der Waals surface area (Å²) in [6.07, 6.45) is 1.08. The SMILES string of the molecule is CC(C)NC(=O)CC(=O)NN=Cc1c(O)ccc2ccccc12. The van der Waals surface area contributed by atoms with Crippen molar-refractivity contribution in [3.8, 4) is 5.75 Å². The predicted molar refractivity (Wildman–Crippen MR) is 89.2 cm³/mol. The van der Waals surface area contributed by atoms with Crippen molar-refractivity contribution in [2.75, 3.05) is 0 Å². The number of fused-ring (bicyclic) bond motifs is 1. The van der Waals surface area contributed by atoms with Gasteiger partial charge in [0.25, 0.3) is 0 Å². The molecule has 0 radical (unpaired) electrons. The predicted octanol–water partition coefficient (Wildman–Crippen LogP) is 1.91. The molecule has 0 heterocycles. The number of aromatic hydroxyl groups is 1. The highest BCUT2D eigenvalue weighted by Crippen LogP contribution is 2.25. The Balaban J connectivity index is 2.05. The van der Waals surface area contributed by atoms with Gasteiger partial charge >= 0.3 is 0 Å². The zero-order valence-corrected chi connectivity index (χ0v) is 13.0. The van der Waals surface area contributed by atoms with Gasteiger partial charge in [-0.25, -0.2) is 5.43 Å². The fourth-order valence-corrected chi connectivity index (χ4v) is 2.15. The van der Waals surface area contributed by atoms with E-state index in [0.717, 1.165) is 10.8 Å². The summed E-state index contributed by atoms with van der Waals surface area (Å²) in [6.45, 7) is 3.63. The van der Waals surface area contributed by atoms with E-state index in [9.17, 15) is 14.7 Å². The van der Waals surface area contributed by atoms with Crippen LogP contribution in [0.5, 0.6) is 5.75 Å². The number of phenols is 1. The molecule has 0 aromatic heterocycles. The van der Waals surface area contributed by atoms with Crippen LogP contribution in [0.2, 0.25) is 0 Å². The lowest BCUT2D eigenvalue weighted by atomic mass is 10.0. The molecule has 3 N–H and O–H groups in total. The van der Waals surface area contributed by atoms with E-state index in [1.165, 1.54) is 6.21 Å². The maximum atomic E-state index is 11.6. The minimum atomic E-state index is -0.515. The van der Waals surface area contributed by atoms with Crippen LogP contribution < -0.4 is 10.7 Å². The molecular formula is C17H19N3O3. The van der Waals surface area contributed by atoms with Crippen LogP contribution in [0.1, 0.15) is 25.8 Å². The quantitative estimate of drug-likeness (QED) is 0.447. The maximum Gasteiger partial charge on any atom is 0.249 e. The van der Waals surface area contributed by atoms with Gasteiger partial charge in [-0.3, -0.25) is 9.59 Å². The Kier molecular flexibility index (Phi) is 5.30. The summed E-state index contributed by atoms with van der Waals surface area (Å²) in [5.74, 6) is -0.806. The lowest BCUT2D eigenvalue weighted by Crippen LogP contribution is -2.34. The van der Waals surface area contributed by atoms with E-state index in [0.29, 0.717) is 5.56 Å². The molecule has 0 saturated heterocycles. The summed E-state index contributed by atoms with van der Waals surface area (Å²) in [5.41, 5.74) is 2.80. The first-order valence-electron chi connectivity index (χ1n) is 7.29. The second-order valence-corrected chi connectivity index (χ2v) is 5.41. The van der Waals surface area contributed by atoms with Gasteiger partial charge < -0.3 is 10.4 Å².